The van der Waals surface area contributed by atoms with Gasteiger partial charge >= 0.3 is 6.09 Å². The van der Waals surface area contributed by atoms with Gasteiger partial charge in [0.05, 0.1) is 34.5 Å². The van der Waals surface area contributed by atoms with E-state index < -0.39 is 21.5 Å². The number of piperidine rings is 1. The lowest BCUT2D eigenvalue weighted by Crippen LogP contribution is -2.57. The molecular weight excluding hydrogens is 706 g/mol. The molecule has 3 atom stereocenters. The number of likely N-dealkylation sites (tertiary alicyclic amines) is 1. The fourth-order valence-electron chi connectivity index (χ4n) is 9.94. The van der Waals surface area contributed by atoms with E-state index in [1.54, 1.807) is 42.6 Å². The number of imidazole rings is 1. The van der Waals surface area contributed by atoms with Crippen molar-refractivity contribution in [2.45, 2.75) is 66.6 Å². The van der Waals surface area contributed by atoms with Crippen LogP contribution in [-0.4, -0.2) is 79.8 Å². The molecule has 4 aliphatic rings. The molecule has 8 rings (SSSR count). The highest BCUT2D eigenvalue weighted by Gasteiger charge is 2.53. The Morgan fingerprint density at radius 2 is 1.89 bits per heavy atom. The van der Waals surface area contributed by atoms with E-state index in [4.69, 9.17) is 4.74 Å². The molecule has 2 N–H and O–H groups in total. The first-order chi connectivity index (χ1) is 26.2. The van der Waals surface area contributed by atoms with Crippen molar-refractivity contribution in [1.82, 2.24) is 30.1 Å². The number of carbonyl (C=O) groups excluding carboxylic acids is 1. The van der Waals surface area contributed by atoms with Crippen molar-refractivity contribution in [3.63, 3.8) is 0 Å². The summed E-state index contributed by atoms with van der Waals surface area (Å²) in [4.78, 5) is 26.7. The molecule has 1 aliphatic carbocycles. The van der Waals surface area contributed by atoms with Gasteiger partial charge in [-0.05, 0) is 104 Å². The molecule has 3 fully saturated rings. The number of fused-ring (bicyclic) bond motifs is 1. The minimum absolute atomic E-state index is 0.0243. The van der Waals surface area contributed by atoms with Crippen molar-refractivity contribution < 1.29 is 22.3 Å². The average Bonchev–Trinajstić information content (AvgIpc) is 3.98. The largest absolute Gasteiger partial charge is 0.453 e. The first kappa shape index (κ1) is 36.4. The summed E-state index contributed by atoms with van der Waals surface area (Å²) in [5, 5.41) is 6.52. The maximum absolute atomic E-state index is 15.0. The second kappa shape index (κ2) is 14.9. The standard InChI is InChI=1S/C41H48FN7O4S/c1-3-32-21-33(12-15-45-32)54(51,52)39-11-10-38(34-22-44-23-35(34)39)48-25-28(26-48)24-47-17-13-29(14-18-47)41(49-19-16-43-27-49,30-6-4-7-31(42)20-30)36-8-5-9-37(36)46-40(50)53-2/h3-4,6-7,10-12,15-16,19-21,27-29,36-37,44H,1,5,8-9,13-14,17-18,22-26H2,2H3,(H,46,50)/t36-,37-,41?/m0/s1. The number of benzene rings is 2. The number of amides is 1. The van der Waals surface area contributed by atoms with Crippen LogP contribution in [0.1, 0.15) is 54.5 Å². The van der Waals surface area contributed by atoms with Crippen molar-refractivity contribution in [3.8, 4) is 0 Å². The van der Waals surface area contributed by atoms with Gasteiger partial charge < -0.3 is 29.7 Å². The summed E-state index contributed by atoms with van der Waals surface area (Å²) >= 11 is 0. The topological polar surface area (TPSA) is 122 Å². The molecular formula is C41H48FN7O4S. The Morgan fingerprint density at radius 1 is 1.07 bits per heavy atom. The monoisotopic (exact) mass is 753 g/mol. The molecule has 11 nitrogen and oxygen atoms in total. The predicted octanol–water partition coefficient (Wildman–Crippen LogP) is 5.61. The fraction of sp³-hybridized carbons (Fsp3) is 0.439. The number of methoxy groups -OCH3 is 1. The SMILES string of the molecule is C=Cc1cc(S(=O)(=O)c2ccc(N3CC(CN4CCC(C(c5cccc(F)c5)([C@H]5CCC[C@@H]5NC(=O)OC)n5ccnc5)CC4)C3)c3c2CNC3)ccn1. The van der Waals surface area contributed by atoms with E-state index in [1.807, 2.05) is 24.7 Å². The molecule has 0 bridgehead atoms. The number of nitrogens with zero attached hydrogens (tertiary/aromatic N) is 5. The number of carbonyl (C=O) groups is 1. The highest BCUT2D eigenvalue weighted by atomic mass is 32.2. The molecule has 1 saturated carbocycles. The zero-order valence-electron chi connectivity index (χ0n) is 30.7. The van der Waals surface area contributed by atoms with Crippen LogP contribution in [0.5, 0.6) is 0 Å². The molecule has 0 spiro atoms. The smallest absolute Gasteiger partial charge is 0.407 e. The van der Waals surface area contributed by atoms with Crippen molar-refractivity contribution in [2.75, 3.05) is 44.7 Å². The highest BCUT2D eigenvalue weighted by molar-refractivity contribution is 7.91. The molecule has 0 radical (unpaired) electrons. The number of pyridine rings is 1. The summed E-state index contributed by atoms with van der Waals surface area (Å²) in [5.41, 5.74) is 3.87. The van der Waals surface area contributed by atoms with Crippen molar-refractivity contribution in [2.24, 2.45) is 17.8 Å². The molecule has 54 heavy (non-hydrogen) atoms. The summed E-state index contributed by atoms with van der Waals surface area (Å²) in [7, 11) is -2.33. The van der Waals surface area contributed by atoms with E-state index in [0.717, 1.165) is 87.2 Å². The number of anilines is 1. The summed E-state index contributed by atoms with van der Waals surface area (Å²) in [6, 6.07) is 13.7. The third-order valence-corrected chi connectivity index (χ3v) is 14.2. The molecule has 4 aromatic rings. The maximum atomic E-state index is 15.0. The number of hydrogen-bond acceptors (Lipinski definition) is 9. The Hall–Kier alpha value is -4.59. The number of hydrogen-bond donors (Lipinski definition) is 2. The van der Waals surface area contributed by atoms with E-state index in [9.17, 15) is 13.2 Å². The Labute approximate surface area is 316 Å². The van der Waals surface area contributed by atoms with Gasteiger partial charge in [0, 0.05) is 74.9 Å². The summed E-state index contributed by atoms with van der Waals surface area (Å²) in [5.74, 6) is 0.437. The summed E-state index contributed by atoms with van der Waals surface area (Å²) in [6.45, 7) is 9.53. The van der Waals surface area contributed by atoms with Gasteiger partial charge in [-0.25, -0.2) is 22.6 Å². The van der Waals surface area contributed by atoms with Gasteiger partial charge in [0.15, 0.2) is 0 Å². The summed E-state index contributed by atoms with van der Waals surface area (Å²) < 4.78 is 49.7. The third-order valence-electron chi connectivity index (χ3n) is 12.3. The molecule has 3 aliphatic heterocycles. The first-order valence-electron chi connectivity index (χ1n) is 19.0. The van der Waals surface area contributed by atoms with Gasteiger partial charge in [0.25, 0.3) is 0 Å². The van der Waals surface area contributed by atoms with Gasteiger partial charge in [-0.2, -0.15) is 0 Å². The Kier molecular flexibility index (Phi) is 10.1. The number of aromatic nitrogens is 3. The predicted molar refractivity (Wildman–Crippen MR) is 204 cm³/mol. The highest BCUT2D eigenvalue weighted by Crippen LogP contribution is 2.51. The summed E-state index contributed by atoms with van der Waals surface area (Å²) in [6.07, 6.45) is 12.8. The number of ether oxygens (including phenoxy) is 1. The Bertz CT molecular complexity index is 2110. The minimum atomic E-state index is -3.72. The van der Waals surface area contributed by atoms with Crippen LogP contribution in [0.3, 0.4) is 0 Å². The van der Waals surface area contributed by atoms with Crippen LogP contribution < -0.4 is 15.5 Å². The average molecular weight is 754 g/mol. The first-order valence-corrected chi connectivity index (χ1v) is 20.5. The zero-order valence-corrected chi connectivity index (χ0v) is 31.5. The number of halogens is 1. The van der Waals surface area contributed by atoms with Gasteiger partial charge in [-0.3, -0.25) is 4.98 Å². The minimum Gasteiger partial charge on any atom is -0.453 e. The molecule has 1 unspecified atom stereocenters. The molecule has 1 amide bonds. The quantitative estimate of drug-likeness (QED) is 0.201. The van der Waals surface area contributed by atoms with Gasteiger partial charge in [-0.15, -0.1) is 0 Å². The Morgan fingerprint density at radius 3 is 2.63 bits per heavy atom. The van der Waals surface area contributed by atoms with Gasteiger partial charge in [0.1, 0.15) is 5.82 Å². The molecule has 13 heteroatoms. The molecule has 5 heterocycles. The van der Waals surface area contributed by atoms with Crippen LogP contribution >= 0.6 is 0 Å². The normalized spacial score (nSPS) is 22.0. The van der Waals surface area contributed by atoms with Crippen LogP contribution in [0.25, 0.3) is 6.08 Å². The lowest BCUT2D eigenvalue weighted by Gasteiger charge is -2.52. The van der Waals surface area contributed by atoms with Crippen molar-refractivity contribution in [1.29, 1.82) is 0 Å². The third kappa shape index (κ3) is 6.49. The maximum Gasteiger partial charge on any atom is 0.407 e. The lowest BCUT2D eigenvalue weighted by molar-refractivity contribution is 0.0469. The zero-order chi connectivity index (χ0) is 37.5. The number of sulfone groups is 1. The lowest BCUT2D eigenvalue weighted by atomic mass is 9.64. The van der Waals surface area contributed by atoms with Crippen molar-refractivity contribution in [3.05, 3.63) is 108 Å². The fourth-order valence-corrected chi connectivity index (χ4v) is 11.5. The van der Waals surface area contributed by atoms with E-state index in [-0.39, 0.29) is 28.6 Å². The second-order valence-corrected chi connectivity index (χ2v) is 17.1. The van der Waals surface area contributed by atoms with E-state index in [2.05, 4.69) is 41.5 Å². The van der Waals surface area contributed by atoms with Gasteiger partial charge in [0.2, 0.25) is 9.84 Å². The number of alkyl carbamates (subject to hydrolysis) is 1. The second-order valence-electron chi connectivity index (χ2n) is 15.2. The molecule has 2 aromatic heterocycles. The number of rotatable bonds is 11. The number of nitrogens with one attached hydrogen (secondary N) is 2. The van der Waals surface area contributed by atoms with E-state index in [0.29, 0.717) is 29.6 Å². The van der Waals surface area contributed by atoms with E-state index in [1.165, 1.54) is 19.4 Å². The van der Waals surface area contributed by atoms with Crippen LogP contribution in [0.2, 0.25) is 0 Å². The molecule has 284 valence electrons. The molecule has 2 saturated heterocycles. The van der Waals surface area contributed by atoms with E-state index >= 15 is 4.39 Å². The van der Waals surface area contributed by atoms with Crippen LogP contribution in [0.15, 0.2) is 89.8 Å². The van der Waals surface area contributed by atoms with Crippen LogP contribution in [0, 0.1) is 23.6 Å². The van der Waals surface area contributed by atoms with Crippen molar-refractivity contribution >= 4 is 27.7 Å². The van der Waals surface area contributed by atoms with Crippen LogP contribution in [-0.2, 0) is 33.2 Å². The van der Waals surface area contributed by atoms with Gasteiger partial charge in [-0.1, -0.05) is 25.1 Å². The molecule has 2 aromatic carbocycles. The van der Waals surface area contributed by atoms with Crippen LogP contribution in [0.4, 0.5) is 14.9 Å². The Balaban J connectivity index is 0.973.